The van der Waals surface area contributed by atoms with E-state index in [9.17, 15) is 19.5 Å². The number of nitrogens with zero attached hydrogens (tertiary/aromatic N) is 2. The lowest BCUT2D eigenvalue weighted by Crippen LogP contribution is -2.39. The zero-order valence-electron chi connectivity index (χ0n) is 23.7. The molecule has 210 valence electrons. The van der Waals surface area contributed by atoms with Crippen LogP contribution in [0.25, 0.3) is 5.76 Å². The Kier molecular flexibility index (Phi) is 8.32. The summed E-state index contributed by atoms with van der Waals surface area (Å²) in [4.78, 5) is 46.0. The molecule has 3 heterocycles. The van der Waals surface area contributed by atoms with Gasteiger partial charge < -0.3 is 24.5 Å². The van der Waals surface area contributed by atoms with E-state index in [-0.39, 0.29) is 22.4 Å². The van der Waals surface area contributed by atoms with E-state index in [1.165, 1.54) is 7.11 Å². The molecule has 9 heteroatoms. The molecule has 2 aliphatic rings. The van der Waals surface area contributed by atoms with Gasteiger partial charge in [0.1, 0.15) is 11.5 Å². The van der Waals surface area contributed by atoms with Crippen molar-refractivity contribution < 1.29 is 29.0 Å². The fraction of sp³-hybridized carbons (Fsp3) is 0.500. The van der Waals surface area contributed by atoms with E-state index in [1.807, 2.05) is 24.3 Å². The summed E-state index contributed by atoms with van der Waals surface area (Å²) >= 11 is 0. The number of morpholine rings is 1. The van der Waals surface area contributed by atoms with E-state index in [2.05, 4.69) is 30.7 Å². The number of ketones is 1. The standard InChI is InChI=1S/C30H39N3O6/c1-18-22(19(2)31-24(18)29(37)38-6)26(34)23-25(20-8-10-21(11-9-20)30(3,4)5)33(28(36)27(23)35)13-7-12-32-14-16-39-17-15-32/h8-11,25,31,34H,7,12-17H2,1-6H3. The van der Waals surface area contributed by atoms with E-state index >= 15 is 0 Å². The number of carbonyl (C=O) groups excluding carboxylic acids is 3. The van der Waals surface area contributed by atoms with Crippen molar-refractivity contribution in [1.82, 2.24) is 14.8 Å². The zero-order chi connectivity index (χ0) is 28.5. The molecule has 1 atom stereocenters. The van der Waals surface area contributed by atoms with E-state index in [4.69, 9.17) is 9.47 Å². The van der Waals surface area contributed by atoms with Crippen molar-refractivity contribution in [2.45, 2.75) is 52.5 Å². The van der Waals surface area contributed by atoms with Gasteiger partial charge in [0.25, 0.3) is 11.7 Å². The van der Waals surface area contributed by atoms with Gasteiger partial charge >= 0.3 is 5.97 Å². The van der Waals surface area contributed by atoms with Crippen LogP contribution in [0.3, 0.4) is 0 Å². The van der Waals surface area contributed by atoms with Gasteiger partial charge in [0, 0.05) is 37.4 Å². The number of ether oxygens (including phenoxy) is 2. The van der Waals surface area contributed by atoms with Crippen molar-refractivity contribution in [2.75, 3.05) is 46.5 Å². The Bertz CT molecular complexity index is 1280. The Morgan fingerprint density at radius 2 is 1.74 bits per heavy atom. The fourth-order valence-electron chi connectivity index (χ4n) is 5.46. The number of aryl methyl sites for hydroxylation is 1. The molecule has 4 rings (SSSR count). The van der Waals surface area contributed by atoms with E-state index in [0.717, 1.165) is 30.8 Å². The van der Waals surface area contributed by atoms with Gasteiger partial charge in [-0.25, -0.2) is 4.79 Å². The summed E-state index contributed by atoms with van der Waals surface area (Å²) in [6, 6.07) is 7.11. The van der Waals surface area contributed by atoms with Gasteiger partial charge in [0.15, 0.2) is 0 Å². The smallest absolute Gasteiger partial charge is 0.354 e. The molecule has 39 heavy (non-hydrogen) atoms. The summed E-state index contributed by atoms with van der Waals surface area (Å²) in [5, 5.41) is 11.6. The van der Waals surface area contributed by atoms with Gasteiger partial charge in [-0.2, -0.15) is 0 Å². The Balaban J connectivity index is 1.76. The molecule has 9 nitrogen and oxygen atoms in total. The predicted octanol–water partition coefficient (Wildman–Crippen LogP) is 3.86. The highest BCUT2D eigenvalue weighted by molar-refractivity contribution is 6.46. The molecule has 0 spiro atoms. The van der Waals surface area contributed by atoms with Gasteiger partial charge in [0.05, 0.1) is 31.9 Å². The maximum Gasteiger partial charge on any atom is 0.354 e. The Labute approximate surface area is 229 Å². The topological polar surface area (TPSA) is 112 Å². The summed E-state index contributed by atoms with van der Waals surface area (Å²) in [6.45, 7) is 13.9. The molecule has 2 saturated heterocycles. The van der Waals surface area contributed by atoms with Crippen LogP contribution in [0.1, 0.15) is 71.7 Å². The number of hydrogen-bond donors (Lipinski definition) is 2. The third kappa shape index (κ3) is 5.65. The maximum absolute atomic E-state index is 13.5. The quantitative estimate of drug-likeness (QED) is 0.239. The van der Waals surface area contributed by atoms with E-state index in [0.29, 0.717) is 43.0 Å². The molecule has 0 saturated carbocycles. The molecular formula is C30H39N3O6. The Morgan fingerprint density at radius 1 is 1.10 bits per heavy atom. The summed E-state index contributed by atoms with van der Waals surface area (Å²) in [6.07, 6.45) is 0.679. The number of nitrogens with one attached hydrogen (secondary N) is 1. The summed E-state index contributed by atoms with van der Waals surface area (Å²) in [5.41, 5.74) is 3.31. The number of aliphatic hydroxyl groups excluding tert-OH is 1. The van der Waals surface area contributed by atoms with Crippen LogP contribution >= 0.6 is 0 Å². The highest BCUT2D eigenvalue weighted by Crippen LogP contribution is 2.41. The number of aromatic amines is 1. The first-order chi connectivity index (χ1) is 18.5. The Hall–Kier alpha value is -3.43. The minimum absolute atomic E-state index is 0.0245. The second-order valence-electron chi connectivity index (χ2n) is 11.3. The van der Waals surface area contributed by atoms with Crippen LogP contribution in [-0.2, 0) is 24.5 Å². The number of likely N-dealkylation sites (tertiary alicyclic amines) is 1. The first-order valence-corrected chi connectivity index (χ1v) is 13.4. The minimum Gasteiger partial charge on any atom is -0.507 e. The van der Waals surface area contributed by atoms with E-state index in [1.54, 1.807) is 18.7 Å². The van der Waals surface area contributed by atoms with Crippen LogP contribution in [0.4, 0.5) is 0 Å². The van der Waals surface area contributed by atoms with Crippen molar-refractivity contribution >= 4 is 23.4 Å². The van der Waals surface area contributed by atoms with Crippen molar-refractivity contribution in [3.05, 3.63) is 63.5 Å². The third-order valence-electron chi connectivity index (χ3n) is 7.67. The number of carbonyl (C=O) groups is 3. The number of H-pyrrole nitrogens is 1. The van der Waals surface area contributed by atoms with Crippen LogP contribution in [0.2, 0.25) is 0 Å². The van der Waals surface area contributed by atoms with E-state index < -0.39 is 23.7 Å². The largest absolute Gasteiger partial charge is 0.507 e. The predicted molar refractivity (Wildman–Crippen MR) is 148 cm³/mol. The molecule has 1 unspecified atom stereocenters. The van der Waals surface area contributed by atoms with Crippen molar-refractivity contribution in [1.29, 1.82) is 0 Å². The number of methoxy groups -OCH3 is 1. The first kappa shape index (κ1) is 28.6. The molecule has 0 radical (unpaired) electrons. The van der Waals surface area contributed by atoms with Gasteiger partial charge in [-0.3, -0.25) is 14.5 Å². The number of benzene rings is 1. The molecule has 0 bridgehead atoms. The van der Waals surface area contributed by atoms with Crippen molar-refractivity contribution in [3.8, 4) is 0 Å². The maximum atomic E-state index is 13.5. The minimum atomic E-state index is -0.751. The first-order valence-electron chi connectivity index (χ1n) is 13.4. The second-order valence-corrected chi connectivity index (χ2v) is 11.3. The number of hydrogen-bond acceptors (Lipinski definition) is 7. The molecular weight excluding hydrogens is 498 g/mol. The number of aromatic nitrogens is 1. The van der Waals surface area contributed by atoms with Crippen LogP contribution < -0.4 is 0 Å². The summed E-state index contributed by atoms with van der Waals surface area (Å²) in [5.74, 6) is -2.24. The van der Waals surface area contributed by atoms with Gasteiger partial charge in [0.2, 0.25) is 0 Å². The van der Waals surface area contributed by atoms with Gasteiger partial charge in [-0.05, 0) is 42.4 Å². The average molecular weight is 538 g/mol. The lowest BCUT2D eigenvalue weighted by atomic mass is 9.85. The number of aliphatic hydroxyl groups is 1. The monoisotopic (exact) mass is 537 g/mol. The van der Waals surface area contributed by atoms with Crippen LogP contribution in [0.5, 0.6) is 0 Å². The van der Waals surface area contributed by atoms with Crippen LogP contribution in [-0.4, -0.2) is 84.1 Å². The lowest BCUT2D eigenvalue weighted by molar-refractivity contribution is -0.140. The molecule has 0 aliphatic carbocycles. The average Bonchev–Trinajstić information content (AvgIpc) is 3.35. The molecule has 2 aromatic rings. The number of amides is 1. The molecule has 1 aromatic heterocycles. The number of Topliss-reactive ketones (excluding diaryl/α,β-unsaturated/α-hetero) is 1. The number of esters is 1. The summed E-state index contributed by atoms with van der Waals surface area (Å²) in [7, 11) is 1.28. The van der Waals surface area contributed by atoms with Gasteiger partial charge in [-0.1, -0.05) is 45.0 Å². The van der Waals surface area contributed by atoms with Gasteiger partial charge in [-0.15, -0.1) is 0 Å². The molecule has 2 fully saturated rings. The number of rotatable bonds is 7. The fourth-order valence-corrected chi connectivity index (χ4v) is 5.46. The second kappa shape index (κ2) is 11.4. The summed E-state index contributed by atoms with van der Waals surface area (Å²) < 4.78 is 10.3. The third-order valence-corrected chi connectivity index (χ3v) is 7.67. The Morgan fingerprint density at radius 3 is 2.33 bits per heavy atom. The molecule has 1 amide bonds. The highest BCUT2D eigenvalue weighted by Gasteiger charge is 2.46. The molecule has 1 aromatic carbocycles. The zero-order valence-corrected chi connectivity index (χ0v) is 23.7. The molecule has 2 aliphatic heterocycles. The molecule has 2 N–H and O–H groups in total. The lowest BCUT2D eigenvalue weighted by Gasteiger charge is -2.29. The SMILES string of the molecule is COC(=O)c1[nH]c(C)c(C(O)=C2C(=O)C(=O)N(CCCN3CCOCC3)C2c2ccc(C(C)(C)C)cc2)c1C. The van der Waals surface area contributed by atoms with Crippen molar-refractivity contribution in [2.24, 2.45) is 0 Å². The van der Waals surface area contributed by atoms with Crippen LogP contribution in [0, 0.1) is 13.8 Å². The highest BCUT2D eigenvalue weighted by atomic mass is 16.5. The normalized spacial score (nSPS) is 20.1. The van der Waals surface area contributed by atoms with Crippen LogP contribution in [0.15, 0.2) is 29.8 Å². The van der Waals surface area contributed by atoms with Crippen molar-refractivity contribution in [3.63, 3.8) is 0 Å².